The largest absolute Gasteiger partial charge is 0.481 e. The van der Waals surface area contributed by atoms with E-state index in [1.54, 1.807) is 0 Å². The van der Waals surface area contributed by atoms with Crippen molar-refractivity contribution in [1.29, 1.82) is 0 Å². The fourth-order valence-electron chi connectivity index (χ4n) is 13.9. The van der Waals surface area contributed by atoms with E-state index in [1.807, 2.05) is 0 Å². The van der Waals surface area contributed by atoms with Crippen LogP contribution in [0.4, 0.5) is 0 Å². The van der Waals surface area contributed by atoms with Gasteiger partial charge in [-0.2, -0.15) is 0 Å². The van der Waals surface area contributed by atoms with Crippen LogP contribution in [-0.2, 0) is 110 Å². The minimum atomic E-state index is -1.35. The van der Waals surface area contributed by atoms with Gasteiger partial charge in [-0.15, -0.1) is 0 Å². The molecule has 35 nitrogen and oxygen atoms in total. The number of hydrogen-bond acceptors (Lipinski definition) is 24. The second kappa shape index (κ2) is 52.2. The molecule has 111 heavy (non-hydrogen) atoms. The van der Waals surface area contributed by atoms with Gasteiger partial charge in [0.1, 0.15) is 28.4 Å². The Morgan fingerprint density at radius 2 is 0.694 bits per heavy atom. The van der Waals surface area contributed by atoms with Crippen LogP contribution in [0.1, 0.15) is 213 Å². The highest BCUT2D eigenvalue weighted by Gasteiger charge is 2.54. The first-order chi connectivity index (χ1) is 53.5. The second-order valence-electron chi connectivity index (χ2n) is 30.3. The summed E-state index contributed by atoms with van der Waals surface area (Å²) in [7, 11) is 0. The Bertz CT molecular complexity index is 2750. The second-order valence-corrected chi connectivity index (χ2v) is 30.3. The van der Waals surface area contributed by atoms with Crippen LogP contribution in [0.25, 0.3) is 0 Å². The summed E-state index contributed by atoms with van der Waals surface area (Å²) in [6.07, 6.45) is 13.4. The van der Waals surface area contributed by atoms with E-state index < -0.39 is 59.3 Å². The van der Waals surface area contributed by atoms with Crippen LogP contribution in [0.15, 0.2) is 0 Å². The molecule has 6 bridgehead atoms. The van der Waals surface area contributed by atoms with Gasteiger partial charge in [-0.25, -0.2) is 0 Å². The molecule has 0 spiro atoms. The fourth-order valence-corrected chi connectivity index (χ4v) is 13.9. The first-order valence-corrected chi connectivity index (χ1v) is 40.5. The van der Waals surface area contributed by atoms with Crippen LogP contribution >= 0.6 is 0 Å². The Labute approximate surface area is 652 Å². The highest BCUT2D eigenvalue weighted by Crippen LogP contribution is 2.39. The molecule has 6 fully saturated rings. The number of ether oxygens (including phenoxy) is 12. The summed E-state index contributed by atoms with van der Waals surface area (Å²) in [6, 6.07) is -1.02. The molecule has 6 saturated heterocycles. The van der Waals surface area contributed by atoms with E-state index in [9.17, 15) is 57.8 Å². The molecule has 6 heterocycles. The third-order valence-corrected chi connectivity index (χ3v) is 20.0. The van der Waals surface area contributed by atoms with Gasteiger partial charge in [-0.05, 0) is 96.3 Å². The molecule has 634 valence electrons. The Morgan fingerprint density at radius 3 is 1.08 bits per heavy atom. The van der Waals surface area contributed by atoms with E-state index in [1.165, 1.54) is 20.8 Å². The van der Waals surface area contributed by atoms with Crippen molar-refractivity contribution in [3.8, 4) is 0 Å². The number of rotatable bonds is 63. The van der Waals surface area contributed by atoms with E-state index in [-0.39, 0.29) is 176 Å². The molecule has 0 saturated carbocycles. The predicted octanol–water partition coefficient (Wildman–Crippen LogP) is 1.68. The maximum absolute atomic E-state index is 13.9. The van der Waals surface area contributed by atoms with Gasteiger partial charge in [0.25, 0.3) is 0 Å². The number of carboxylic acids is 1. The third-order valence-electron chi connectivity index (χ3n) is 20.0. The molecule has 12 N–H and O–H groups in total. The number of nitrogens with one attached hydrogen (secondary N) is 10. The van der Waals surface area contributed by atoms with Gasteiger partial charge in [0, 0.05) is 138 Å². The van der Waals surface area contributed by atoms with Gasteiger partial charge in [0.2, 0.25) is 59.1 Å². The van der Waals surface area contributed by atoms with Crippen molar-refractivity contribution in [2.75, 3.05) is 138 Å². The number of carbonyl (C=O) groups is 11. The van der Waals surface area contributed by atoms with Crippen molar-refractivity contribution in [1.82, 2.24) is 53.2 Å². The van der Waals surface area contributed by atoms with Crippen LogP contribution in [0, 0.1) is 0 Å². The van der Waals surface area contributed by atoms with E-state index >= 15 is 0 Å². The van der Waals surface area contributed by atoms with Crippen molar-refractivity contribution in [2.45, 2.75) is 279 Å². The summed E-state index contributed by atoms with van der Waals surface area (Å²) in [5.74, 6) is -2.95. The lowest BCUT2D eigenvalue weighted by atomic mass is 9.92. The number of fused-ring (bicyclic) bond motifs is 6. The van der Waals surface area contributed by atoms with Gasteiger partial charge in [-0.3, -0.25) is 52.7 Å². The molecule has 0 aliphatic carbocycles. The summed E-state index contributed by atoms with van der Waals surface area (Å²) in [6.45, 7) is 8.74. The first kappa shape index (κ1) is 93.5. The average Bonchev–Trinajstić information content (AvgIpc) is 1.67. The molecule has 6 aliphatic heterocycles. The zero-order valence-corrected chi connectivity index (χ0v) is 65.9. The van der Waals surface area contributed by atoms with Crippen LogP contribution in [0.5, 0.6) is 0 Å². The number of aliphatic carboxylic acids is 1. The zero-order valence-electron chi connectivity index (χ0n) is 65.9. The van der Waals surface area contributed by atoms with Crippen LogP contribution in [-0.4, -0.2) is 279 Å². The van der Waals surface area contributed by atoms with Crippen molar-refractivity contribution in [2.24, 2.45) is 0 Å². The summed E-state index contributed by atoms with van der Waals surface area (Å²) >= 11 is 0. The summed E-state index contributed by atoms with van der Waals surface area (Å²) in [5, 5.41) is 48.3. The smallest absolute Gasteiger partial charge is 0.303 e. The van der Waals surface area contributed by atoms with Crippen LogP contribution in [0.3, 0.4) is 0 Å². The average molecular weight is 1580 g/mol. The summed E-state index contributed by atoms with van der Waals surface area (Å²) in [4.78, 5) is 136. The lowest BCUT2D eigenvalue weighted by Gasteiger charge is -2.38. The van der Waals surface area contributed by atoms with Gasteiger partial charge in [-0.1, -0.05) is 38.5 Å². The molecular formula is C76H130N10O25. The Kier molecular flexibility index (Phi) is 44.0. The number of carboxylic acid groups (broad SMARTS) is 1. The Morgan fingerprint density at radius 1 is 0.369 bits per heavy atom. The lowest BCUT2D eigenvalue weighted by Crippen LogP contribution is -2.58. The predicted molar refractivity (Wildman–Crippen MR) is 399 cm³/mol. The van der Waals surface area contributed by atoms with Gasteiger partial charge < -0.3 is 120 Å². The molecule has 0 aromatic rings. The molecule has 6 rings (SSSR count). The number of amides is 10. The molecule has 10 amide bonds. The zero-order chi connectivity index (χ0) is 80.0. The first-order valence-electron chi connectivity index (χ1n) is 40.5. The maximum atomic E-state index is 13.9. The number of hydrogen-bond donors (Lipinski definition) is 12. The van der Waals surface area contributed by atoms with Crippen molar-refractivity contribution >= 4 is 65.0 Å². The summed E-state index contributed by atoms with van der Waals surface area (Å²) < 4.78 is 71.5. The van der Waals surface area contributed by atoms with Crippen molar-refractivity contribution in [3.63, 3.8) is 0 Å². The normalized spacial score (nSPS) is 23.6. The third kappa shape index (κ3) is 38.1. The molecule has 0 radical (unpaired) electrons. The molecule has 0 unspecified atom stereocenters. The Balaban J connectivity index is 0.898. The molecule has 0 aromatic heterocycles. The molecule has 0 aromatic carbocycles. The van der Waals surface area contributed by atoms with Gasteiger partial charge >= 0.3 is 5.97 Å². The minimum absolute atomic E-state index is 0.0384. The van der Waals surface area contributed by atoms with E-state index in [0.29, 0.717) is 175 Å². The number of carbonyl (C=O) groups excluding carboxylic acids is 10. The quantitative estimate of drug-likeness (QED) is 0.0385. The molecular weight excluding hydrogens is 1450 g/mol. The Hall–Kier alpha value is -6.35. The maximum Gasteiger partial charge on any atom is 0.303 e. The molecule has 35 heteroatoms. The number of aliphatic hydroxyl groups excluding tert-OH is 1. The minimum Gasteiger partial charge on any atom is -0.481 e. The molecule has 10 atom stereocenters. The highest BCUT2D eigenvalue weighted by molar-refractivity contribution is 5.79. The van der Waals surface area contributed by atoms with Gasteiger partial charge in [0.15, 0.2) is 18.9 Å². The van der Waals surface area contributed by atoms with E-state index in [0.717, 1.165) is 51.4 Å². The highest BCUT2D eigenvalue weighted by atomic mass is 16.8. The fraction of sp³-hybridized carbons (Fsp3) is 0.855. The van der Waals surface area contributed by atoms with Crippen molar-refractivity contribution in [3.05, 3.63) is 0 Å². The van der Waals surface area contributed by atoms with E-state index in [4.69, 9.17) is 61.9 Å². The standard InChI is InChI=1S/C76H130N10O25/c1-55(87)83-58-26-31-74(52-106-70(58)109-74)49-100-39-15-12-21-61(91)77-33-18-36-80-64(94)28-42-103-46-73(86-67(97)24-10-8-6-4-5-7-9-11-25-68(98)99,47-104-43-29-65(95)81-37-19-34-78-62(92)22-13-16-40-101-50-75-32-27-59(84-56(2)88)71(110-75)107-53-75)48-105-44-30-66(96)82-38-20-35-79-63(93)23-14-17-41-102-51-76-45-60(90)69(85-57(3)89)72(111-76)108-54-76/h58-60,69-72,90H,4-54H2,1-3H3,(H,77,91)(H,78,92)(H,79,93)(H,80,94)(H,81,95)(H,82,96)(H,83,87)(H,84,88)(H,85,89)(H,86,97)(H,98,99)/t58-,59-,60+,69-,70-,71-,72-,74+,75+,76+/m1/s1. The van der Waals surface area contributed by atoms with Crippen molar-refractivity contribution < 1.29 is 120 Å². The van der Waals surface area contributed by atoms with Gasteiger partial charge in [0.05, 0.1) is 97.5 Å². The monoisotopic (exact) mass is 1580 g/mol. The van der Waals surface area contributed by atoms with E-state index in [2.05, 4.69) is 53.2 Å². The summed E-state index contributed by atoms with van der Waals surface area (Å²) in [5.41, 5.74) is -3.21. The number of unbranched alkanes of at least 4 members (excludes halogenated alkanes) is 10. The lowest BCUT2D eigenvalue weighted by molar-refractivity contribution is -0.188. The van der Waals surface area contributed by atoms with Crippen LogP contribution in [0.2, 0.25) is 0 Å². The van der Waals surface area contributed by atoms with Crippen LogP contribution < -0.4 is 53.2 Å². The molecule has 6 aliphatic rings. The number of aliphatic hydroxyl groups is 1. The SMILES string of the molecule is CC(=O)N[C@H]1[C@@H]2OC[C@@](COCCCCC(=O)NCCCNC(=O)CCOCC(COCCC(=O)NCCCNC(=O)CCCCOC[C@@]34CC[C@@H](NC(C)=O)[C@H](OC3)O4)(COCCC(=O)NCCCNC(=O)CCCCOC[C@@]34CC[C@@H](NC(C)=O)[C@H](OC3)O4)NC(=O)CCCCCCCCCCC(=O)O)(C[C@@H]1O)O2. The topological polar surface area (TPSA) is 459 Å².